The van der Waals surface area contributed by atoms with E-state index in [4.69, 9.17) is 11.6 Å². The second-order valence-electron chi connectivity index (χ2n) is 5.25. The summed E-state index contributed by atoms with van der Waals surface area (Å²) in [7, 11) is 0. The highest BCUT2D eigenvalue weighted by molar-refractivity contribution is 6.20. The number of hydrogen-bond donors (Lipinski definition) is 0. The Morgan fingerprint density at radius 3 is 2.69 bits per heavy atom. The zero-order valence-electron chi connectivity index (χ0n) is 9.28. The van der Waals surface area contributed by atoms with Crippen molar-refractivity contribution < 1.29 is 0 Å². The maximum atomic E-state index is 6.16. The van der Waals surface area contributed by atoms with Crippen molar-refractivity contribution in [3.05, 3.63) is 0 Å². The van der Waals surface area contributed by atoms with Gasteiger partial charge < -0.3 is 0 Å². The van der Waals surface area contributed by atoms with Gasteiger partial charge in [-0.05, 0) is 37.0 Å². The van der Waals surface area contributed by atoms with Gasteiger partial charge in [0.25, 0.3) is 0 Å². The zero-order chi connectivity index (χ0) is 9.90. The van der Waals surface area contributed by atoms with Gasteiger partial charge in [0.2, 0.25) is 0 Å². The fraction of sp³-hybridized carbons (Fsp3) is 1.00. The lowest BCUT2D eigenvalue weighted by Gasteiger charge is -2.27. The summed E-state index contributed by atoms with van der Waals surface area (Å²) in [6.07, 6.45) is 7.89. The van der Waals surface area contributed by atoms with Gasteiger partial charge in [0.05, 0.1) is 0 Å². The van der Waals surface area contributed by atoms with Crippen LogP contribution in [0.4, 0.5) is 0 Å². The van der Waals surface area contributed by atoms with E-state index >= 15 is 0 Å². The van der Waals surface area contributed by atoms with Crippen LogP contribution in [-0.4, -0.2) is 5.38 Å². The van der Waals surface area contributed by atoms with Crippen LogP contribution in [-0.2, 0) is 0 Å². The first-order valence-electron chi connectivity index (χ1n) is 5.70. The fourth-order valence-electron chi connectivity index (χ4n) is 2.87. The summed E-state index contributed by atoms with van der Waals surface area (Å²) in [5.74, 6) is 0.886. The molecule has 0 aromatic heterocycles. The maximum Gasteiger partial charge on any atom is 0.0341 e. The highest BCUT2D eigenvalue weighted by Gasteiger charge is 2.34. The number of hydrogen-bond acceptors (Lipinski definition) is 0. The first-order chi connectivity index (χ1) is 6.06. The minimum atomic E-state index is 0.457. The van der Waals surface area contributed by atoms with Crippen LogP contribution >= 0.6 is 11.6 Å². The van der Waals surface area contributed by atoms with E-state index in [0.717, 1.165) is 5.92 Å². The number of alkyl halides is 1. The third-order valence-electron chi connectivity index (χ3n) is 3.40. The summed E-state index contributed by atoms with van der Waals surface area (Å²) in [5, 5.41) is 0.457. The minimum absolute atomic E-state index is 0.457. The normalized spacial score (nSPS) is 36.5. The van der Waals surface area contributed by atoms with E-state index in [1.54, 1.807) is 0 Å². The van der Waals surface area contributed by atoms with Gasteiger partial charge in [-0.3, -0.25) is 0 Å². The van der Waals surface area contributed by atoms with Crippen LogP contribution in [0.5, 0.6) is 0 Å². The van der Waals surface area contributed by atoms with Crippen molar-refractivity contribution >= 4 is 11.6 Å². The quantitative estimate of drug-likeness (QED) is 0.584. The second kappa shape index (κ2) is 4.68. The number of rotatable bonds is 4. The maximum absolute atomic E-state index is 6.16. The molecule has 0 radical (unpaired) electrons. The second-order valence-corrected chi connectivity index (χ2v) is 5.87. The molecule has 1 heteroatoms. The van der Waals surface area contributed by atoms with Gasteiger partial charge in [-0.15, -0.1) is 11.6 Å². The Morgan fingerprint density at radius 2 is 2.23 bits per heavy atom. The Bertz CT molecular complexity index is 155. The Labute approximate surface area is 88.1 Å². The lowest BCUT2D eigenvalue weighted by atomic mass is 9.79. The molecule has 0 nitrogen and oxygen atoms in total. The van der Waals surface area contributed by atoms with Gasteiger partial charge in [0, 0.05) is 5.38 Å². The van der Waals surface area contributed by atoms with Gasteiger partial charge in [0.1, 0.15) is 0 Å². The Hall–Kier alpha value is 0.290. The van der Waals surface area contributed by atoms with Crippen LogP contribution in [0.2, 0.25) is 0 Å². The molecule has 0 aliphatic heterocycles. The lowest BCUT2D eigenvalue weighted by Crippen LogP contribution is -2.16. The molecule has 78 valence electrons. The first kappa shape index (κ1) is 11.4. The average molecular weight is 203 g/mol. The van der Waals surface area contributed by atoms with Crippen LogP contribution in [0.3, 0.4) is 0 Å². The van der Waals surface area contributed by atoms with Gasteiger partial charge in [-0.1, -0.05) is 33.6 Å². The van der Waals surface area contributed by atoms with Crippen molar-refractivity contribution in [1.29, 1.82) is 0 Å². The highest BCUT2D eigenvalue weighted by Crippen LogP contribution is 2.45. The number of halogens is 1. The standard InChI is InChI=1S/C12H23Cl/c1-4-5-10(2)8-12(3)7-6-11(13)9-12/h10-11H,4-9H2,1-3H3. The molecular weight excluding hydrogens is 180 g/mol. The van der Waals surface area contributed by atoms with Gasteiger partial charge in [-0.25, -0.2) is 0 Å². The summed E-state index contributed by atoms with van der Waals surface area (Å²) in [5.41, 5.74) is 0.557. The molecule has 0 saturated heterocycles. The van der Waals surface area contributed by atoms with Crippen molar-refractivity contribution in [2.45, 2.75) is 64.7 Å². The van der Waals surface area contributed by atoms with Gasteiger partial charge in [-0.2, -0.15) is 0 Å². The smallest absolute Gasteiger partial charge is 0.0341 e. The van der Waals surface area contributed by atoms with Crippen molar-refractivity contribution in [2.24, 2.45) is 11.3 Å². The molecule has 0 spiro atoms. The Balaban J connectivity index is 2.34. The third kappa shape index (κ3) is 3.50. The van der Waals surface area contributed by atoms with Crippen LogP contribution in [0, 0.1) is 11.3 Å². The van der Waals surface area contributed by atoms with E-state index < -0.39 is 0 Å². The van der Waals surface area contributed by atoms with Crippen molar-refractivity contribution in [3.63, 3.8) is 0 Å². The van der Waals surface area contributed by atoms with Crippen molar-refractivity contribution in [2.75, 3.05) is 0 Å². The van der Waals surface area contributed by atoms with Crippen molar-refractivity contribution in [3.8, 4) is 0 Å². The molecule has 1 rings (SSSR count). The zero-order valence-corrected chi connectivity index (χ0v) is 10.0. The highest BCUT2D eigenvalue weighted by atomic mass is 35.5. The largest absolute Gasteiger partial charge is 0.123 e. The summed E-state index contributed by atoms with van der Waals surface area (Å²) in [6, 6.07) is 0. The molecule has 0 amide bonds. The van der Waals surface area contributed by atoms with Crippen LogP contribution in [0.1, 0.15) is 59.3 Å². The summed E-state index contributed by atoms with van der Waals surface area (Å²) in [4.78, 5) is 0. The molecule has 0 aromatic carbocycles. The summed E-state index contributed by atoms with van der Waals surface area (Å²) < 4.78 is 0. The molecule has 0 bridgehead atoms. The van der Waals surface area contributed by atoms with E-state index in [1.807, 2.05) is 0 Å². The molecule has 0 heterocycles. The average Bonchev–Trinajstić information content (AvgIpc) is 2.30. The van der Waals surface area contributed by atoms with E-state index in [1.165, 1.54) is 38.5 Å². The fourth-order valence-corrected chi connectivity index (χ4v) is 3.35. The first-order valence-corrected chi connectivity index (χ1v) is 6.13. The molecule has 3 atom stereocenters. The molecule has 1 fully saturated rings. The summed E-state index contributed by atoms with van der Waals surface area (Å²) in [6.45, 7) is 7.08. The van der Waals surface area contributed by atoms with Crippen LogP contribution in [0.25, 0.3) is 0 Å². The lowest BCUT2D eigenvalue weighted by molar-refractivity contribution is 0.248. The predicted molar refractivity (Wildman–Crippen MR) is 60.3 cm³/mol. The summed E-state index contributed by atoms with van der Waals surface area (Å²) >= 11 is 6.16. The van der Waals surface area contributed by atoms with E-state index in [9.17, 15) is 0 Å². The molecular formula is C12H23Cl. The molecule has 0 N–H and O–H groups in total. The van der Waals surface area contributed by atoms with Crippen LogP contribution < -0.4 is 0 Å². The molecule has 1 aliphatic carbocycles. The van der Waals surface area contributed by atoms with E-state index in [0.29, 0.717) is 10.8 Å². The van der Waals surface area contributed by atoms with E-state index in [2.05, 4.69) is 20.8 Å². The molecule has 1 aliphatic rings. The molecule has 3 unspecified atom stereocenters. The van der Waals surface area contributed by atoms with Crippen LogP contribution in [0.15, 0.2) is 0 Å². The monoisotopic (exact) mass is 202 g/mol. The van der Waals surface area contributed by atoms with Gasteiger partial charge in [0.15, 0.2) is 0 Å². The molecule has 13 heavy (non-hydrogen) atoms. The predicted octanol–water partition coefficient (Wildman–Crippen LogP) is 4.61. The third-order valence-corrected chi connectivity index (χ3v) is 3.77. The molecule has 0 aromatic rings. The Kier molecular flexibility index (Phi) is 4.09. The topological polar surface area (TPSA) is 0 Å². The van der Waals surface area contributed by atoms with Crippen molar-refractivity contribution in [1.82, 2.24) is 0 Å². The Morgan fingerprint density at radius 1 is 1.54 bits per heavy atom. The SMILES string of the molecule is CCCC(C)CC1(C)CCC(Cl)C1. The van der Waals surface area contributed by atoms with Gasteiger partial charge >= 0.3 is 0 Å². The minimum Gasteiger partial charge on any atom is -0.123 e. The van der Waals surface area contributed by atoms with E-state index in [-0.39, 0.29) is 0 Å². The molecule has 1 saturated carbocycles.